The third-order valence-electron chi connectivity index (χ3n) is 4.95. The fourth-order valence-electron chi connectivity index (χ4n) is 3.41. The number of methoxy groups -OCH3 is 1. The highest BCUT2D eigenvalue weighted by atomic mass is 32.2. The first-order valence-corrected chi connectivity index (χ1v) is 11.1. The number of hydrogen-bond donors (Lipinski definition) is 1. The largest absolute Gasteiger partial charge is 0.383 e. The van der Waals surface area contributed by atoms with Gasteiger partial charge in [0.15, 0.2) is 5.16 Å². The number of carbonyl (C=O) groups excluding carboxylic acids is 1. The van der Waals surface area contributed by atoms with Crippen molar-refractivity contribution in [2.45, 2.75) is 57.0 Å². The summed E-state index contributed by atoms with van der Waals surface area (Å²) < 4.78 is 6.67. The van der Waals surface area contributed by atoms with Gasteiger partial charge in [-0.15, -0.1) is 11.3 Å². The van der Waals surface area contributed by atoms with Crippen LogP contribution in [0.3, 0.4) is 0 Å². The molecule has 8 heteroatoms. The van der Waals surface area contributed by atoms with Gasteiger partial charge < -0.3 is 10.1 Å². The Morgan fingerprint density at radius 2 is 2.30 bits per heavy atom. The Morgan fingerprint density at radius 3 is 3.00 bits per heavy atom. The maximum Gasteiger partial charge on any atom is 0.263 e. The van der Waals surface area contributed by atoms with Gasteiger partial charge in [0.25, 0.3) is 5.56 Å². The molecule has 1 N–H and O–H groups in total. The van der Waals surface area contributed by atoms with Gasteiger partial charge in [-0.2, -0.15) is 0 Å². The van der Waals surface area contributed by atoms with Crippen LogP contribution in [0, 0.1) is 5.92 Å². The van der Waals surface area contributed by atoms with Crippen molar-refractivity contribution in [3.05, 3.63) is 20.8 Å². The summed E-state index contributed by atoms with van der Waals surface area (Å²) in [5.41, 5.74) is 1.23. The maximum atomic E-state index is 13.2. The summed E-state index contributed by atoms with van der Waals surface area (Å²) >= 11 is 2.99. The minimum Gasteiger partial charge on any atom is -0.383 e. The molecule has 1 amide bonds. The molecule has 3 rings (SSSR count). The summed E-state index contributed by atoms with van der Waals surface area (Å²) in [6, 6.07) is 0. The van der Waals surface area contributed by atoms with E-state index in [1.807, 2.05) is 13.8 Å². The van der Waals surface area contributed by atoms with Crippen LogP contribution in [0.15, 0.2) is 9.95 Å². The van der Waals surface area contributed by atoms with Crippen molar-refractivity contribution in [2.24, 2.45) is 5.92 Å². The number of nitrogens with one attached hydrogen (secondary N) is 1. The summed E-state index contributed by atoms with van der Waals surface area (Å²) in [6.45, 7) is 7.54. The number of rotatable bonds is 7. The van der Waals surface area contributed by atoms with Crippen molar-refractivity contribution in [1.29, 1.82) is 0 Å². The first-order chi connectivity index (χ1) is 13.0. The second kappa shape index (κ2) is 8.75. The van der Waals surface area contributed by atoms with Gasteiger partial charge in [-0.1, -0.05) is 18.7 Å². The maximum absolute atomic E-state index is 13.2. The zero-order chi connectivity index (χ0) is 19.6. The van der Waals surface area contributed by atoms with Crippen molar-refractivity contribution in [3.8, 4) is 0 Å². The number of hydrogen-bond acceptors (Lipinski definition) is 6. The highest BCUT2D eigenvalue weighted by Crippen LogP contribution is 2.36. The third kappa shape index (κ3) is 4.22. The Morgan fingerprint density at radius 1 is 1.52 bits per heavy atom. The molecule has 1 aliphatic rings. The van der Waals surface area contributed by atoms with E-state index in [1.54, 1.807) is 23.0 Å². The van der Waals surface area contributed by atoms with E-state index in [2.05, 4.69) is 12.2 Å². The molecule has 0 aliphatic heterocycles. The number of carbonyl (C=O) groups is 1. The molecule has 6 nitrogen and oxygen atoms in total. The number of thiophene rings is 1. The molecule has 148 valence electrons. The molecule has 0 unspecified atom stereocenters. The van der Waals surface area contributed by atoms with Crippen LogP contribution >= 0.6 is 23.1 Å². The molecule has 0 aromatic carbocycles. The third-order valence-corrected chi connectivity index (χ3v) is 7.19. The van der Waals surface area contributed by atoms with Crippen LogP contribution in [0.1, 0.15) is 37.6 Å². The predicted octanol–water partition coefficient (Wildman–Crippen LogP) is 2.85. The molecule has 0 fully saturated rings. The lowest BCUT2D eigenvalue weighted by Gasteiger charge is -2.18. The summed E-state index contributed by atoms with van der Waals surface area (Å²) in [5, 5.41) is 3.92. The van der Waals surface area contributed by atoms with Gasteiger partial charge in [-0.05, 0) is 44.6 Å². The number of thioether (sulfide) groups is 1. The molecule has 1 aliphatic carbocycles. The van der Waals surface area contributed by atoms with Gasteiger partial charge in [0, 0.05) is 25.1 Å². The van der Waals surface area contributed by atoms with Gasteiger partial charge >= 0.3 is 0 Å². The lowest BCUT2D eigenvalue weighted by atomic mass is 9.89. The van der Waals surface area contributed by atoms with Crippen molar-refractivity contribution < 1.29 is 9.53 Å². The van der Waals surface area contributed by atoms with Gasteiger partial charge in [-0.3, -0.25) is 14.2 Å². The van der Waals surface area contributed by atoms with Gasteiger partial charge in [0.1, 0.15) is 4.83 Å². The summed E-state index contributed by atoms with van der Waals surface area (Å²) in [4.78, 5) is 32.3. The molecule has 0 spiro atoms. The fraction of sp³-hybridized carbons (Fsp3) is 0.632. The molecule has 0 saturated heterocycles. The zero-order valence-electron chi connectivity index (χ0n) is 16.3. The first-order valence-electron chi connectivity index (χ1n) is 9.44. The molecule has 0 bridgehead atoms. The molecular formula is C19H27N3O3S2. The van der Waals surface area contributed by atoms with Crippen LogP contribution < -0.4 is 10.9 Å². The molecule has 2 atom stereocenters. The van der Waals surface area contributed by atoms with Gasteiger partial charge in [0.2, 0.25) is 5.91 Å². The van der Waals surface area contributed by atoms with Crippen molar-refractivity contribution in [3.63, 3.8) is 0 Å². The second-order valence-corrected chi connectivity index (χ2v) is 9.41. The minimum atomic E-state index is -0.335. The monoisotopic (exact) mass is 409 g/mol. The van der Waals surface area contributed by atoms with Crippen LogP contribution in [-0.4, -0.2) is 41.0 Å². The molecular weight excluding hydrogens is 382 g/mol. The number of fused-ring (bicyclic) bond motifs is 3. The zero-order valence-corrected chi connectivity index (χ0v) is 18.0. The van der Waals surface area contributed by atoms with Crippen LogP contribution in [0.2, 0.25) is 0 Å². The Balaban J connectivity index is 1.92. The summed E-state index contributed by atoms with van der Waals surface area (Å²) in [7, 11) is 1.60. The SMILES string of the molecule is CCn1c(S[C@@H](C)C(=O)NCCOC)nc2sc3c(c2c1=O)CC[C@H](C)C3. The van der Waals surface area contributed by atoms with E-state index in [0.717, 1.165) is 29.5 Å². The number of ether oxygens (including phenoxy) is 1. The lowest BCUT2D eigenvalue weighted by molar-refractivity contribution is -0.120. The molecule has 0 radical (unpaired) electrons. The molecule has 2 heterocycles. The normalized spacial score (nSPS) is 17.7. The van der Waals surface area contributed by atoms with E-state index in [0.29, 0.717) is 30.8 Å². The van der Waals surface area contributed by atoms with Crippen molar-refractivity contribution in [1.82, 2.24) is 14.9 Å². The van der Waals surface area contributed by atoms with Crippen molar-refractivity contribution >= 4 is 39.2 Å². The Kier molecular flexibility index (Phi) is 6.60. The van der Waals surface area contributed by atoms with Crippen LogP contribution in [-0.2, 0) is 28.9 Å². The van der Waals surface area contributed by atoms with E-state index < -0.39 is 0 Å². The second-order valence-electron chi connectivity index (χ2n) is 7.02. The highest BCUT2D eigenvalue weighted by Gasteiger charge is 2.25. The van der Waals surface area contributed by atoms with Crippen LogP contribution in [0.25, 0.3) is 10.2 Å². The van der Waals surface area contributed by atoms with E-state index in [4.69, 9.17) is 9.72 Å². The van der Waals surface area contributed by atoms with Crippen molar-refractivity contribution in [2.75, 3.05) is 20.3 Å². The minimum absolute atomic E-state index is 0.0315. The number of amides is 1. The first kappa shape index (κ1) is 20.4. The van der Waals surface area contributed by atoms with Gasteiger partial charge in [0.05, 0.1) is 17.2 Å². The summed E-state index contributed by atoms with van der Waals surface area (Å²) in [6.07, 6.45) is 3.12. The van der Waals surface area contributed by atoms with E-state index in [1.165, 1.54) is 22.2 Å². The van der Waals surface area contributed by atoms with E-state index in [-0.39, 0.29) is 16.7 Å². The van der Waals surface area contributed by atoms with Crippen LogP contribution in [0.4, 0.5) is 0 Å². The Hall–Kier alpha value is -1.38. The standard InChI is InChI=1S/C19H27N3O3S2/c1-5-22-18(24)15-13-7-6-11(2)10-14(13)27-17(15)21-19(22)26-12(3)16(23)20-8-9-25-4/h11-12H,5-10H2,1-4H3,(H,20,23)/t11-,12-/m0/s1. The Bertz CT molecular complexity index is 890. The average molecular weight is 410 g/mol. The molecule has 2 aromatic heterocycles. The Labute approximate surface area is 167 Å². The van der Waals surface area contributed by atoms with Crippen LogP contribution in [0.5, 0.6) is 0 Å². The van der Waals surface area contributed by atoms with E-state index in [9.17, 15) is 9.59 Å². The number of aromatic nitrogens is 2. The molecule has 27 heavy (non-hydrogen) atoms. The number of aryl methyl sites for hydroxylation is 1. The lowest BCUT2D eigenvalue weighted by Crippen LogP contribution is -2.34. The molecule has 2 aromatic rings. The smallest absolute Gasteiger partial charge is 0.263 e. The van der Waals surface area contributed by atoms with E-state index >= 15 is 0 Å². The molecule has 0 saturated carbocycles. The predicted molar refractivity (Wildman–Crippen MR) is 111 cm³/mol. The highest BCUT2D eigenvalue weighted by molar-refractivity contribution is 8.00. The summed E-state index contributed by atoms with van der Waals surface area (Å²) in [5.74, 6) is 0.581. The number of nitrogens with zero attached hydrogens (tertiary/aromatic N) is 2. The van der Waals surface area contributed by atoms with Gasteiger partial charge in [-0.25, -0.2) is 4.98 Å². The topological polar surface area (TPSA) is 73.2 Å². The average Bonchev–Trinajstić information content (AvgIpc) is 2.99. The fourth-order valence-corrected chi connectivity index (χ4v) is 5.83. The quantitative estimate of drug-likeness (QED) is 0.432.